The van der Waals surface area contributed by atoms with Crippen molar-refractivity contribution in [2.75, 3.05) is 6.54 Å². The highest BCUT2D eigenvalue weighted by atomic mass is 35.5. The van der Waals surface area contributed by atoms with Crippen molar-refractivity contribution in [1.82, 2.24) is 9.97 Å². The molecule has 1 aliphatic carbocycles. The topological polar surface area (TPSA) is 41.0 Å². The highest BCUT2D eigenvalue weighted by molar-refractivity contribution is 6.34. The van der Waals surface area contributed by atoms with Crippen molar-refractivity contribution in [2.45, 2.75) is 32.1 Å². The first-order valence-corrected chi connectivity index (χ1v) is 9.01. The highest BCUT2D eigenvalue weighted by Crippen LogP contribution is 2.40. The number of pyridine rings is 1. The van der Waals surface area contributed by atoms with Gasteiger partial charge in [0.15, 0.2) is 5.15 Å². The Morgan fingerprint density at radius 3 is 2.88 bits per heavy atom. The van der Waals surface area contributed by atoms with E-state index in [1.807, 2.05) is 12.4 Å². The number of H-pyrrole nitrogens is 1. The summed E-state index contributed by atoms with van der Waals surface area (Å²) < 4.78 is 0. The van der Waals surface area contributed by atoms with Gasteiger partial charge in [-0.3, -0.25) is 4.99 Å². The lowest BCUT2D eigenvalue weighted by molar-refractivity contribution is 0.680. The van der Waals surface area contributed by atoms with Crippen LogP contribution in [0, 0.1) is 0 Å². The summed E-state index contributed by atoms with van der Waals surface area (Å²) in [5.74, 6) is 0. The molecule has 0 saturated carbocycles. The molecule has 120 valence electrons. The number of halogens is 1. The number of aromatic amines is 1. The molecule has 2 aromatic heterocycles. The normalized spacial score (nSPS) is 16.2. The number of hydrogen-bond donors (Lipinski definition) is 1. The summed E-state index contributed by atoms with van der Waals surface area (Å²) in [4.78, 5) is 12.5. The number of benzene rings is 1. The van der Waals surface area contributed by atoms with Crippen molar-refractivity contribution in [1.29, 1.82) is 0 Å². The molecule has 1 aliphatic heterocycles. The second-order valence-corrected chi connectivity index (χ2v) is 7.02. The van der Waals surface area contributed by atoms with Gasteiger partial charge in [-0.1, -0.05) is 29.8 Å². The van der Waals surface area contributed by atoms with Crippen molar-refractivity contribution in [3.8, 4) is 11.1 Å². The van der Waals surface area contributed by atoms with E-state index in [9.17, 15) is 0 Å². The summed E-state index contributed by atoms with van der Waals surface area (Å²) in [6.45, 7) is 0.861. The molecular formula is C20H18ClN3. The van der Waals surface area contributed by atoms with Crippen LogP contribution in [0.3, 0.4) is 0 Å². The molecule has 0 bridgehead atoms. The summed E-state index contributed by atoms with van der Waals surface area (Å²) in [6, 6.07) is 6.48. The summed E-state index contributed by atoms with van der Waals surface area (Å²) in [7, 11) is 0. The molecule has 1 N–H and O–H groups in total. The number of aliphatic imine (C=N–C) groups is 1. The van der Waals surface area contributed by atoms with E-state index in [4.69, 9.17) is 11.6 Å². The summed E-state index contributed by atoms with van der Waals surface area (Å²) in [6.07, 6.45) is 9.66. The summed E-state index contributed by atoms with van der Waals surface area (Å²) >= 11 is 6.42. The molecule has 3 aromatic rings. The SMILES string of the molecule is Clc1ncc(-c2cccc3c2CCN=C3)c2c3c([nH]c12)CCCC3. The Bertz CT molecular complexity index is 984. The maximum atomic E-state index is 6.42. The van der Waals surface area contributed by atoms with E-state index in [1.165, 1.54) is 51.7 Å². The van der Waals surface area contributed by atoms with Crippen LogP contribution in [0.15, 0.2) is 29.4 Å². The first-order valence-electron chi connectivity index (χ1n) is 8.63. The first-order chi connectivity index (χ1) is 11.8. The Kier molecular flexibility index (Phi) is 3.23. The van der Waals surface area contributed by atoms with E-state index in [1.54, 1.807) is 0 Å². The Hall–Kier alpha value is -2.13. The summed E-state index contributed by atoms with van der Waals surface area (Å²) in [5, 5.41) is 1.86. The molecule has 0 atom stereocenters. The third-order valence-corrected chi connectivity index (χ3v) is 5.59. The maximum Gasteiger partial charge on any atom is 0.153 e. The molecule has 24 heavy (non-hydrogen) atoms. The van der Waals surface area contributed by atoms with Crippen LogP contribution in [0.25, 0.3) is 22.0 Å². The van der Waals surface area contributed by atoms with E-state index in [-0.39, 0.29) is 0 Å². The van der Waals surface area contributed by atoms with Gasteiger partial charge in [0.25, 0.3) is 0 Å². The minimum Gasteiger partial charge on any atom is -0.356 e. The van der Waals surface area contributed by atoms with Crippen LogP contribution in [-0.4, -0.2) is 22.7 Å². The molecule has 0 radical (unpaired) electrons. The molecule has 4 heteroatoms. The Balaban J connectivity index is 1.84. The standard InChI is InChI=1S/C20H18ClN3/c21-20-19-18(15-5-1-2-7-17(15)24-19)16(11-23-20)14-6-3-4-12-10-22-9-8-13(12)14/h3-4,6,10-11,24H,1-2,5,7-9H2. The maximum absolute atomic E-state index is 6.42. The van der Waals surface area contributed by atoms with Crippen LogP contribution in [0.4, 0.5) is 0 Å². The average Bonchev–Trinajstić information content (AvgIpc) is 3.03. The fraction of sp³-hybridized carbons (Fsp3) is 0.300. The van der Waals surface area contributed by atoms with Crippen molar-refractivity contribution >= 4 is 28.7 Å². The number of nitrogens with one attached hydrogen (secondary N) is 1. The predicted molar refractivity (Wildman–Crippen MR) is 99.3 cm³/mol. The highest BCUT2D eigenvalue weighted by Gasteiger charge is 2.22. The largest absolute Gasteiger partial charge is 0.356 e. The summed E-state index contributed by atoms with van der Waals surface area (Å²) in [5.41, 5.74) is 8.88. The van der Waals surface area contributed by atoms with Crippen LogP contribution in [0.2, 0.25) is 5.15 Å². The monoisotopic (exact) mass is 335 g/mol. The molecule has 5 rings (SSSR count). The molecular weight excluding hydrogens is 318 g/mol. The van der Waals surface area contributed by atoms with Gasteiger partial charge in [0.05, 0.1) is 5.52 Å². The van der Waals surface area contributed by atoms with Crippen molar-refractivity contribution in [3.05, 3.63) is 51.9 Å². The van der Waals surface area contributed by atoms with Gasteiger partial charge in [-0.2, -0.15) is 0 Å². The zero-order valence-corrected chi connectivity index (χ0v) is 14.2. The zero-order chi connectivity index (χ0) is 16.1. The molecule has 0 unspecified atom stereocenters. The molecule has 0 amide bonds. The third-order valence-electron chi connectivity index (χ3n) is 5.30. The molecule has 0 fully saturated rings. The molecule has 0 saturated heterocycles. The number of nitrogens with zero attached hydrogens (tertiary/aromatic N) is 2. The number of hydrogen-bond acceptors (Lipinski definition) is 2. The number of fused-ring (bicyclic) bond motifs is 4. The Morgan fingerprint density at radius 1 is 1.00 bits per heavy atom. The Morgan fingerprint density at radius 2 is 1.92 bits per heavy atom. The predicted octanol–water partition coefficient (Wildman–Crippen LogP) is 4.74. The van der Waals surface area contributed by atoms with Crippen LogP contribution in [0.1, 0.15) is 35.2 Å². The van der Waals surface area contributed by atoms with E-state index in [0.717, 1.165) is 31.3 Å². The van der Waals surface area contributed by atoms with Crippen molar-refractivity contribution < 1.29 is 0 Å². The minimum atomic E-state index is 0.578. The Labute approximate surface area is 145 Å². The zero-order valence-electron chi connectivity index (χ0n) is 13.4. The van der Waals surface area contributed by atoms with Crippen LogP contribution in [0.5, 0.6) is 0 Å². The second kappa shape index (κ2) is 5.45. The van der Waals surface area contributed by atoms with Crippen LogP contribution >= 0.6 is 11.6 Å². The van der Waals surface area contributed by atoms with Gasteiger partial charge in [-0.25, -0.2) is 4.98 Å². The molecule has 0 spiro atoms. The van der Waals surface area contributed by atoms with Gasteiger partial charge >= 0.3 is 0 Å². The van der Waals surface area contributed by atoms with E-state index in [2.05, 4.69) is 33.2 Å². The first kappa shape index (κ1) is 14.2. The van der Waals surface area contributed by atoms with Gasteiger partial charge in [-0.15, -0.1) is 0 Å². The van der Waals surface area contributed by atoms with Gasteiger partial charge < -0.3 is 4.98 Å². The number of rotatable bonds is 1. The van der Waals surface area contributed by atoms with Gasteiger partial charge in [0.1, 0.15) is 0 Å². The van der Waals surface area contributed by atoms with E-state index < -0.39 is 0 Å². The molecule has 3 heterocycles. The number of aryl methyl sites for hydroxylation is 2. The van der Waals surface area contributed by atoms with E-state index in [0.29, 0.717) is 5.15 Å². The van der Waals surface area contributed by atoms with Crippen LogP contribution < -0.4 is 0 Å². The van der Waals surface area contributed by atoms with Gasteiger partial charge in [-0.05, 0) is 54.4 Å². The molecule has 3 nitrogen and oxygen atoms in total. The second-order valence-electron chi connectivity index (χ2n) is 6.66. The average molecular weight is 336 g/mol. The van der Waals surface area contributed by atoms with Crippen LogP contribution in [-0.2, 0) is 19.3 Å². The fourth-order valence-electron chi connectivity index (χ4n) is 4.19. The lowest BCUT2D eigenvalue weighted by Crippen LogP contribution is -2.05. The van der Waals surface area contributed by atoms with Gasteiger partial charge in [0, 0.05) is 35.6 Å². The van der Waals surface area contributed by atoms with Crippen molar-refractivity contribution in [3.63, 3.8) is 0 Å². The lowest BCUT2D eigenvalue weighted by atomic mass is 9.88. The third kappa shape index (κ3) is 2.04. The smallest absolute Gasteiger partial charge is 0.153 e. The fourth-order valence-corrected chi connectivity index (χ4v) is 4.38. The van der Waals surface area contributed by atoms with E-state index >= 15 is 0 Å². The molecule has 1 aromatic carbocycles. The van der Waals surface area contributed by atoms with Gasteiger partial charge in [0.2, 0.25) is 0 Å². The lowest BCUT2D eigenvalue weighted by Gasteiger charge is -2.17. The minimum absolute atomic E-state index is 0.578. The number of aromatic nitrogens is 2. The van der Waals surface area contributed by atoms with Crippen molar-refractivity contribution in [2.24, 2.45) is 4.99 Å². The molecule has 2 aliphatic rings. The quantitative estimate of drug-likeness (QED) is 0.641.